The van der Waals surface area contributed by atoms with Crippen LogP contribution in [0.4, 0.5) is 0 Å². The Balaban J connectivity index is 2.54. The van der Waals surface area contributed by atoms with Crippen molar-refractivity contribution in [1.82, 2.24) is 0 Å². The summed E-state index contributed by atoms with van der Waals surface area (Å²) in [5.74, 6) is 0. The Morgan fingerprint density at radius 3 is 1.60 bits per heavy atom. The zero-order chi connectivity index (χ0) is 4.28. The van der Waals surface area contributed by atoms with Crippen LogP contribution in [-0.4, -0.2) is 0 Å². The Kier molecular flexibility index (Phi) is 3.61. The molecular weight excluding hydrogens is 227 g/mol. The van der Waals surface area contributed by atoms with Gasteiger partial charge in [-0.3, -0.25) is 0 Å². The summed E-state index contributed by atoms with van der Waals surface area (Å²) in [6, 6.07) is 0. The van der Waals surface area contributed by atoms with E-state index in [4.69, 9.17) is 0 Å². The Hall–Kier alpha value is 0.870. The molecule has 0 saturated heterocycles. The standard InChI is InChI=1S/C2H5.2CH3.Hf/c1-2;;;/h1H2,2H3;2*1H3;/q;;;+1. The fraction of sp³-hybridized carbons (Fsp3) is 1.00. The molecule has 0 aliphatic heterocycles. The molecule has 0 unspecified atom stereocenters. The van der Waals surface area contributed by atoms with E-state index in [1.165, 1.54) is 4.18 Å². The van der Waals surface area contributed by atoms with Crippen molar-refractivity contribution in [2.45, 2.75) is 20.5 Å². The molecule has 0 aliphatic rings. The first-order valence-corrected chi connectivity index (χ1v) is 11.8. The number of hydrogen-bond acceptors (Lipinski definition) is 0. The molecule has 0 heterocycles. The van der Waals surface area contributed by atoms with Gasteiger partial charge in [0.2, 0.25) is 0 Å². The van der Waals surface area contributed by atoms with E-state index in [9.17, 15) is 0 Å². The fourth-order valence-electron chi connectivity index (χ4n) is 0. The molecule has 0 nitrogen and oxygen atoms in total. The van der Waals surface area contributed by atoms with Gasteiger partial charge in [0.05, 0.1) is 0 Å². The Labute approximate surface area is 42.1 Å². The zero-order valence-corrected chi connectivity index (χ0v) is 7.80. The van der Waals surface area contributed by atoms with Gasteiger partial charge >= 0.3 is 41.9 Å². The summed E-state index contributed by atoms with van der Waals surface area (Å²) in [7, 11) is 0. The SMILES string of the molecule is C[CH2][Hf+]([CH3])[CH3]. The van der Waals surface area contributed by atoms with Crippen molar-refractivity contribution >= 4 is 0 Å². The maximum absolute atomic E-state index is 2.44. The summed E-state index contributed by atoms with van der Waals surface area (Å²) in [5.41, 5.74) is 0. The molecule has 1 heteroatoms. The quantitative estimate of drug-likeness (QED) is 0.613. The molecule has 0 N–H and O–H groups in total. The van der Waals surface area contributed by atoms with Gasteiger partial charge in [0.25, 0.3) is 0 Å². The van der Waals surface area contributed by atoms with Gasteiger partial charge in [0.15, 0.2) is 0 Å². The summed E-state index contributed by atoms with van der Waals surface area (Å²) < 4.78 is 6.39. The van der Waals surface area contributed by atoms with Crippen molar-refractivity contribution in [2.75, 3.05) is 0 Å². The average Bonchev–Trinajstić information content (AvgIpc) is 1.38. The van der Waals surface area contributed by atoms with Crippen LogP contribution in [0.1, 0.15) is 6.92 Å². The van der Waals surface area contributed by atoms with Crippen LogP contribution >= 0.6 is 0 Å². The second-order valence-electron chi connectivity index (χ2n) is 1.56. The molecule has 0 bridgehead atoms. The first-order valence-electron chi connectivity index (χ1n) is 2.06. The molecule has 0 rings (SSSR count). The third-order valence-corrected chi connectivity index (χ3v) is 5.79. The third-order valence-electron chi connectivity index (χ3n) is 0.707. The molecule has 0 radical (unpaired) electrons. The van der Waals surface area contributed by atoms with Crippen molar-refractivity contribution in [3.05, 3.63) is 0 Å². The van der Waals surface area contributed by atoms with Crippen molar-refractivity contribution in [2.24, 2.45) is 0 Å². The molecule has 0 atom stereocenters. The molecular formula is C4H11Hf+. The van der Waals surface area contributed by atoms with Gasteiger partial charge in [-0.05, 0) is 0 Å². The summed E-state index contributed by atoms with van der Waals surface area (Å²) in [5, 5.41) is 0. The number of rotatable bonds is 1. The monoisotopic (exact) mass is 239 g/mol. The van der Waals surface area contributed by atoms with Gasteiger partial charge in [0, 0.05) is 0 Å². The maximum atomic E-state index is 2.44. The molecule has 0 fully saturated rings. The molecule has 0 spiro atoms. The first-order chi connectivity index (χ1) is 2.27. The van der Waals surface area contributed by atoms with E-state index in [2.05, 4.69) is 16.3 Å². The van der Waals surface area contributed by atoms with E-state index in [0.717, 1.165) is 0 Å². The normalized spacial score (nSPS) is 7.80. The summed E-state index contributed by atoms with van der Waals surface area (Å²) in [4.78, 5) is 0. The van der Waals surface area contributed by atoms with Crippen LogP contribution in [0.25, 0.3) is 0 Å². The minimum absolute atomic E-state index is 0.701. The van der Waals surface area contributed by atoms with E-state index in [-0.39, 0.29) is 0 Å². The van der Waals surface area contributed by atoms with Crippen molar-refractivity contribution < 1.29 is 21.4 Å². The van der Waals surface area contributed by atoms with Gasteiger partial charge in [-0.15, -0.1) is 0 Å². The van der Waals surface area contributed by atoms with E-state index in [1.54, 1.807) is 0 Å². The van der Waals surface area contributed by atoms with E-state index >= 15 is 0 Å². The molecule has 0 aromatic rings. The molecule has 5 heavy (non-hydrogen) atoms. The number of hydrogen-bond donors (Lipinski definition) is 0. The Morgan fingerprint density at radius 1 is 1.40 bits per heavy atom. The second kappa shape index (κ2) is 3.08. The summed E-state index contributed by atoms with van der Waals surface area (Å²) in [6.45, 7) is 2.29. The average molecular weight is 238 g/mol. The molecule has 30 valence electrons. The van der Waals surface area contributed by atoms with E-state index in [1.807, 2.05) is 0 Å². The minimum atomic E-state index is -0.701. The fourth-order valence-corrected chi connectivity index (χ4v) is 0. The summed E-state index contributed by atoms with van der Waals surface area (Å²) in [6.07, 6.45) is 0. The molecule has 0 saturated carbocycles. The van der Waals surface area contributed by atoms with Crippen LogP contribution in [0.2, 0.25) is 13.5 Å². The van der Waals surface area contributed by atoms with Crippen LogP contribution in [0.3, 0.4) is 0 Å². The zero-order valence-electron chi connectivity index (χ0n) is 4.21. The molecule has 0 aliphatic carbocycles. The van der Waals surface area contributed by atoms with Crippen molar-refractivity contribution in [1.29, 1.82) is 0 Å². The van der Waals surface area contributed by atoms with Crippen LogP contribution in [0.15, 0.2) is 0 Å². The van der Waals surface area contributed by atoms with Gasteiger partial charge < -0.3 is 0 Å². The predicted octanol–water partition coefficient (Wildman–Crippen LogP) is 2.14. The predicted molar refractivity (Wildman–Crippen MR) is 22.2 cm³/mol. The van der Waals surface area contributed by atoms with Gasteiger partial charge in [0.1, 0.15) is 0 Å². The van der Waals surface area contributed by atoms with Crippen molar-refractivity contribution in [3.8, 4) is 0 Å². The second-order valence-corrected chi connectivity index (χ2v) is 12.8. The van der Waals surface area contributed by atoms with Crippen LogP contribution in [0.5, 0.6) is 0 Å². The molecule has 0 amide bonds. The van der Waals surface area contributed by atoms with Crippen molar-refractivity contribution in [3.63, 3.8) is 0 Å². The Bertz CT molecular complexity index is 17.6. The molecule has 0 aromatic heterocycles. The third kappa shape index (κ3) is 4.87. The van der Waals surface area contributed by atoms with Crippen LogP contribution in [-0.2, 0) is 21.4 Å². The first kappa shape index (κ1) is 5.87. The van der Waals surface area contributed by atoms with Crippen LogP contribution in [0, 0.1) is 0 Å². The van der Waals surface area contributed by atoms with Gasteiger partial charge in [-0.2, -0.15) is 0 Å². The van der Waals surface area contributed by atoms with Crippen LogP contribution < -0.4 is 0 Å². The Morgan fingerprint density at radius 2 is 1.60 bits per heavy atom. The summed E-state index contributed by atoms with van der Waals surface area (Å²) >= 11 is -0.701. The van der Waals surface area contributed by atoms with E-state index < -0.39 is 21.4 Å². The molecule has 0 aromatic carbocycles. The topological polar surface area (TPSA) is 0 Å². The van der Waals surface area contributed by atoms with Gasteiger partial charge in [-0.1, -0.05) is 0 Å². The van der Waals surface area contributed by atoms with Gasteiger partial charge in [-0.25, -0.2) is 0 Å². The van der Waals surface area contributed by atoms with E-state index in [0.29, 0.717) is 0 Å².